The van der Waals surface area contributed by atoms with Crippen molar-refractivity contribution in [2.45, 2.75) is 32.9 Å². The van der Waals surface area contributed by atoms with Crippen LogP contribution in [0.25, 0.3) is 0 Å². The van der Waals surface area contributed by atoms with Crippen molar-refractivity contribution in [2.24, 2.45) is 5.73 Å². The molecule has 1 amide bonds. The number of carbonyl (C=O) groups is 1. The van der Waals surface area contributed by atoms with Gasteiger partial charge in [-0.2, -0.15) is 0 Å². The maximum Gasteiger partial charge on any atom is 0.223 e. The zero-order valence-corrected chi connectivity index (χ0v) is 11.3. The number of ether oxygens (including phenoxy) is 1. The predicted octanol–water partition coefficient (Wildman–Crippen LogP) is 1.78. The number of hydrogen-bond donors (Lipinski definition) is 1. The largest absolute Gasteiger partial charge is 0.491 e. The number of carbonyl (C=O) groups excluding carboxylic acids is 1. The van der Waals surface area contributed by atoms with E-state index in [4.69, 9.17) is 10.5 Å². The molecule has 0 saturated carbocycles. The van der Waals surface area contributed by atoms with Gasteiger partial charge in [-0.05, 0) is 31.5 Å². The molecule has 0 spiro atoms. The van der Waals surface area contributed by atoms with Crippen LogP contribution >= 0.6 is 0 Å². The molecule has 18 heavy (non-hydrogen) atoms. The summed E-state index contributed by atoms with van der Waals surface area (Å²) in [7, 11) is 1.79. The van der Waals surface area contributed by atoms with E-state index in [-0.39, 0.29) is 12.0 Å². The highest BCUT2D eigenvalue weighted by Crippen LogP contribution is 2.14. The van der Waals surface area contributed by atoms with Crippen molar-refractivity contribution in [2.75, 3.05) is 13.6 Å². The third-order valence-electron chi connectivity index (χ3n) is 2.50. The number of nitrogens with two attached hydrogens (primary N) is 1. The highest BCUT2D eigenvalue weighted by molar-refractivity contribution is 5.76. The minimum Gasteiger partial charge on any atom is -0.491 e. The van der Waals surface area contributed by atoms with Crippen LogP contribution in [0.5, 0.6) is 5.75 Å². The third-order valence-corrected chi connectivity index (χ3v) is 2.50. The predicted molar refractivity (Wildman–Crippen MR) is 72.4 cm³/mol. The number of benzene rings is 1. The van der Waals surface area contributed by atoms with Gasteiger partial charge < -0.3 is 15.4 Å². The Kier molecular flexibility index (Phi) is 5.65. The summed E-state index contributed by atoms with van der Waals surface area (Å²) in [5.74, 6) is 0.921. The maximum absolute atomic E-state index is 11.6. The van der Waals surface area contributed by atoms with Gasteiger partial charge in [0.1, 0.15) is 5.75 Å². The number of hydrogen-bond acceptors (Lipinski definition) is 3. The quantitative estimate of drug-likeness (QED) is 0.837. The molecule has 2 N–H and O–H groups in total. The van der Waals surface area contributed by atoms with Crippen molar-refractivity contribution in [1.82, 2.24) is 4.90 Å². The van der Waals surface area contributed by atoms with Gasteiger partial charge in [0.25, 0.3) is 0 Å². The third kappa shape index (κ3) is 4.75. The van der Waals surface area contributed by atoms with Crippen LogP contribution in [0.15, 0.2) is 24.3 Å². The van der Waals surface area contributed by atoms with E-state index in [1.807, 2.05) is 38.1 Å². The summed E-state index contributed by atoms with van der Waals surface area (Å²) in [5, 5.41) is 0. The Morgan fingerprint density at radius 3 is 2.44 bits per heavy atom. The lowest BCUT2D eigenvalue weighted by Crippen LogP contribution is -2.27. The number of rotatable bonds is 6. The highest BCUT2D eigenvalue weighted by atomic mass is 16.5. The lowest BCUT2D eigenvalue weighted by atomic mass is 10.2. The smallest absolute Gasteiger partial charge is 0.223 e. The highest BCUT2D eigenvalue weighted by Gasteiger charge is 2.08. The van der Waals surface area contributed by atoms with Crippen LogP contribution in [-0.2, 0) is 11.3 Å². The second-order valence-corrected chi connectivity index (χ2v) is 4.60. The summed E-state index contributed by atoms with van der Waals surface area (Å²) in [6.07, 6.45) is 0.565. The molecule has 0 heterocycles. The molecule has 100 valence electrons. The van der Waals surface area contributed by atoms with Gasteiger partial charge in [-0.3, -0.25) is 4.79 Å². The average Bonchev–Trinajstić information content (AvgIpc) is 2.31. The van der Waals surface area contributed by atoms with Crippen molar-refractivity contribution in [1.29, 1.82) is 0 Å². The summed E-state index contributed by atoms with van der Waals surface area (Å²) in [6.45, 7) is 4.98. The molecule has 0 aliphatic rings. The first-order valence-electron chi connectivity index (χ1n) is 6.22. The van der Waals surface area contributed by atoms with E-state index in [9.17, 15) is 4.79 Å². The van der Waals surface area contributed by atoms with E-state index in [2.05, 4.69) is 0 Å². The normalized spacial score (nSPS) is 10.5. The Hall–Kier alpha value is -1.55. The maximum atomic E-state index is 11.6. The summed E-state index contributed by atoms with van der Waals surface area (Å²) in [4.78, 5) is 13.3. The van der Waals surface area contributed by atoms with Gasteiger partial charge in [-0.25, -0.2) is 0 Å². The van der Waals surface area contributed by atoms with Crippen molar-refractivity contribution in [3.05, 3.63) is 29.8 Å². The standard InChI is InChI=1S/C14H22N2O2/c1-11(2)18-13-6-4-12(5-7-13)10-16(3)14(17)8-9-15/h4-7,11H,8-10,15H2,1-3H3. The van der Waals surface area contributed by atoms with Crippen LogP contribution in [0.1, 0.15) is 25.8 Å². The Labute approximate surface area is 109 Å². The Morgan fingerprint density at radius 1 is 1.33 bits per heavy atom. The van der Waals surface area contributed by atoms with E-state index >= 15 is 0 Å². The van der Waals surface area contributed by atoms with E-state index in [1.54, 1.807) is 11.9 Å². The van der Waals surface area contributed by atoms with E-state index < -0.39 is 0 Å². The monoisotopic (exact) mass is 250 g/mol. The lowest BCUT2D eigenvalue weighted by Gasteiger charge is -2.17. The molecule has 1 rings (SSSR count). The molecular weight excluding hydrogens is 228 g/mol. The second-order valence-electron chi connectivity index (χ2n) is 4.60. The molecule has 0 aromatic heterocycles. The average molecular weight is 250 g/mol. The fourth-order valence-electron chi connectivity index (χ4n) is 1.62. The fraction of sp³-hybridized carbons (Fsp3) is 0.500. The van der Waals surface area contributed by atoms with Crippen molar-refractivity contribution in [3.8, 4) is 5.75 Å². The van der Waals surface area contributed by atoms with E-state index in [0.29, 0.717) is 19.5 Å². The molecule has 0 bridgehead atoms. The SMILES string of the molecule is CC(C)Oc1ccc(CN(C)C(=O)CCN)cc1. The molecule has 0 aliphatic carbocycles. The van der Waals surface area contributed by atoms with Crippen LogP contribution in [0.2, 0.25) is 0 Å². The second kappa shape index (κ2) is 7.01. The van der Waals surface area contributed by atoms with Crippen LogP contribution in [0.4, 0.5) is 0 Å². The van der Waals surface area contributed by atoms with Gasteiger partial charge in [0.2, 0.25) is 5.91 Å². The topological polar surface area (TPSA) is 55.6 Å². The van der Waals surface area contributed by atoms with Crippen molar-refractivity contribution < 1.29 is 9.53 Å². The van der Waals surface area contributed by atoms with Gasteiger partial charge >= 0.3 is 0 Å². The Morgan fingerprint density at radius 2 is 1.94 bits per heavy atom. The van der Waals surface area contributed by atoms with Gasteiger partial charge in [0.15, 0.2) is 0 Å². The summed E-state index contributed by atoms with van der Waals surface area (Å²) < 4.78 is 5.56. The van der Waals surface area contributed by atoms with Gasteiger partial charge in [0.05, 0.1) is 6.10 Å². The lowest BCUT2D eigenvalue weighted by molar-refractivity contribution is -0.130. The van der Waals surface area contributed by atoms with Crippen molar-refractivity contribution in [3.63, 3.8) is 0 Å². The minimum atomic E-state index is 0.0695. The molecule has 1 aromatic rings. The zero-order chi connectivity index (χ0) is 13.5. The Balaban J connectivity index is 2.55. The molecule has 4 heteroatoms. The van der Waals surface area contributed by atoms with Gasteiger partial charge in [-0.15, -0.1) is 0 Å². The molecule has 0 aliphatic heterocycles. The van der Waals surface area contributed by atoms with Crippen molar-refractivity contribution >= 4 is 5.91 Å². The van der Waals surface area contributed by atoms with Gasteiger partial charge in [0, 0.05) is 26.6 Å². The molecule has 0 unspecified atom stereocenters. The molecular formula is C14H22N2O2. The number of amides is 1. The molecule has 0 fully saturated rings. The van der Waals surface area contributed by atoms with Crippen LogP contribution in [-0.4, -0.2) is 30.5 Å². The summed E-state index contributed by atoms with van der Waals surface area (Å²) in [6, 6.07) is 7.81. The molecule has 4 nitrogen and oxygen atoms in total. The van der Waals surface area contributed by atoms with E-state index in [0.717, 1.165) is 11.3 Å². The van der Waals surface area contributed by atoms with Gasteiger partial charge in [-0.1, -0.05) is 12.1 Å². The zero-order valence-electron chi connectivity index (χ0n) is 11.3. The summed E-state index contributed by atoms with van der Waals surface area (Å²) >= 11 is 0. The molecule has 0 atom stereocenters. The first-order valence-corrected chi connectivity index (χ1v) is 6.22. The number of nitrogens with zero attached hydrogens (tertiary/aromatic N) is 1. The fourth-order valence-corrected chi connectivity index (χ4v) is 1.62. The molecule has 1 aromatic carbocycles. The van der Waals surface area contributed by atoms with Crippen LogP contribution < -0.4 is 10.5 Å². The molecule has 0 saturated heterocycles. The van der Waals surface area contributed by atoms with E-state index in [1.165, 1.54) is 0 Å². The van der Waals surface area contributed by atoms with Crippen LogP contribution in [0, 0.1) is 0 Å². The first-order chi connectivity index (χ1) is 8.52. The molecule has 0 radical (unpaired) electrons. The van der Waals surface area contributed by atoms with Crippen LogP contribution in [0.3, 0.4) is 0 Å². The minimum absolute atomic E-state index is 0.0695. The first kappa shape index (κ1) is 14.5. The Bertz CT molecular complexity index is 374. The summed E-state index contributed by atoms with van der Waals surface area (Å²) in [5.41, 5.74) is 6.45.